The van der Waals surface area contributed by atoms with E-state index in [0.29, 0.717) is 22.0 Å². The maximum absolute atomic E-state index is 14.2. The van der Waals surface area contributed by atoms with Gasteiger partial charge in [0.1, 0.15) is 11.4 Å². The summed E-state index contributed by atoms with van der Waals surface area (Å²) in [5.41, 5.74) is -0.0224. The quantitative estimate of drug-likeness (QED) is 0.561. The van der Waals surface area contributed by atoms with E-state index in [0.717, 1.165) is 16.8 Å². The van der Waals surface area contributed by atoms with Crippen molar-refractivity contribution >= 4 is 10.8 Å². The number of benzene rings is 2. The van der Waals surface area contributed by atoms with Gasteiger partial charge in [0.05, 0.1) is 5.39 Å². The molecule has 0 saturated carbocycles. The van der Waals surface area contributed by atoms with Gasteiger partial charge in [-0.3, -0.25) is 9.78 Å². The molecule has 0 fully saturated rings. The van der Waals surface area contributed by atoms with Crippen LogP contribution in [-0.4, -0.2) is 14.8 Å². The number of hydrogen-bond donors (Lipinski definition) is 0. The first-order valence-corrected chi connectivity index (χ1v) is 7.53. The van der Waals surface area contributed by atoms with Crippen molar-refractivity contribution < 1.29 is 8.78 Å². The van der Waals surface area contributed by atoms with Gasteiger partial charge in [0.15, 0.2) is 11.6 Å². The number of rotatable bonds is 2. The zero-order chi connectivity index (χ0) is 17.4. The molecule has 4 nitrogen and oxygen atoms in total. The van der Waals surface area contributed by atoms with E-state index in [2.05, 4.69) is 10.1 Å². The van der Waals surface area contributed by atoms with Crippen LogP contribution in [0.4, 0.5) is 8.78 Å². The molecular weight excluding hydrogens is 324 g/mol. The van der Waals surface area contributed by atoms with Gasteiger partial charge in [-0.2, -0.15) is 9.78 Å². The van der Waals surface area contributed by atoms with Crippen LogP contribution in [0.5, 0.6) is 0 Å². The van der Waals surface area contributed by atoms with E-state index in [4.69, 9.17) is 0 Å². The van der Waals surface area contributed by atoms with E-state index in [1.165, 1.54) is 6.07 Å². The molecule has 0 amide bonds. The predicted molar refractivity (Wildman–Crippen MR) is 90.5 cm³/mol. The Balaban J connectivity index is 2.14. The first-order chi connectivity index (χ1) is 12.2. The molecule has 4 rings (SSSR count). The van der Waals surface area contributed by atoms with Crippen molar-refractivity contribution in [3.63, 3.8) is 0 Å². The molecule has 0 N–H and O–H groups in total. The van der Waals surface area contributed by atoms with E-state index >= 15 is 0 Å². The van der Waals surface area contributed by atoms with Gasteiger partial charge < -0.3 is 0 Å². The molecule has 0 aliphatic heterocycles. The molecule has 0 saturated heterocycles. The number of aromatic nitrogens is 3. The van der Waals surface area contributed by atoms with Crippen molar-refractivity contribution in [3.8, 4) is 16.9 Å². The standard InChI is InChI=1S/C19H11F2N3O/c20-15-8-3-9-16(21)18(15)24-19(25)14-7-2-1-6-13(14)17(23-24)12-5-4-10-22-11-12/h1-11H. The Bertz CT molecular complexity index is 1120. The molecule has 122 valence electrons. The molecule has 0 aliphatic carbocycles. The Morgan fingerprint density at radius 3 is 2.24 bits per heavy atom. The van der Waals surface area contributed by atoms with Crippen LogP contribution in [0.2, 0.25) is 0 Å². The lowest BCUT2D eigenvalue weighted by atomic mass is 10.1. The van der Waals surface area contributed by atoms with Crippen LogP contribution in [0.3, 0.4) is 0 Å². The molecule has 4 aromatic rings. The molecule has 25 heavy (non-hydrogen) atoms. The predicted octanol–water partition coefficient (Wildman–Crippen LogP) is 3.73. The van der Waals surface area contributed by atoms with Crippen molar-refractivity contribution in [3.05, 3.63) is 89.0 Å². The molecule has 0 spiro atoms. The van der Waals surface area contributed by atoms with E-state index in [-0.39, 0.29) is 0 Å². The van der Waals surface area contributed by atoms with Gasteiger partial charge in [0.2, 0.25) is 0 Å². The molecule has 0 unspecified atom stereocenters. The first kappa shape index (κ1) is 15.1. The highest BCUT2D eigenvalue weighted by atomic mass is 19.1. The number of halogens is 2. The largest absolute Gasteiger partial charge is 0.279 e. The molecular formula is C19H11F2N3O. The summed E-state index contributed by atoms with van der Waals surface area (Å²) < 4.78 is 29.2. The van der Waals surface area contributed by atoms with Crippen LogP contribution in [0.25, 0.3) is 27.7 Å². The van der Waals surface area contributed by atoms with Gasteiger partial charge in [-0.1, -0.05) is 24.3 Å². The van der Waals surface area contributed by atoms with Gasteiger partial charge in [-0.05, 0) is 30.3 Å². The Kier molecular flexibility index (Phi) is 3.57. The average molecular weight is 335 g/mol. The lowest BCUT2D eigenvalue weighted by molar-refractivity contribution is 0.556. The molecule has 0 atom stereocenters. The van der Waals surface area contributed by atoms with Gasteiger partial charge in [-0.25, -0.2) is 8.78 Å². The van der Waals surface area contributed by atoms with Gasteiger partial charge in [-0.15, -0.1) is 0 Å². The minimum atomic E-state index is -0.859. The summed E-state index contributed by atoms with van der Waals surface area (Å²) >= 11 is 0. The number of fused-ring (bicyclic) bond motifs is 1. The van der Waals surface area contributed by atoms with Gasteiger partial charge >= 0.3 is 0 Å². The van der Waals surface area contributed by atoms with Crippen molar-refractivity contribution in [2.24, 2.45) is 0 Å². The summed E-state index contributed by atoms with van der Waals surface area (Å²) in [6, 6.07) is 13.7. The van der Waals surface area contributed by atoms with Crippen LogP contribution < -0.4 is 5.56 Å². The van der Waals surface area contributed by atoms with Crippen LogP contribution in [0, 0.1) is 11.6 Å². The second-order valence-corrected chi connectivity index (χ2v) is 5.42. The maximum atomic E-state index is 14.2. The number of hydrogen-bond acceptors (Lipinski definition) is 3. The zero-order valence-electron chi connectivity index (χ0n) is 12.9. The van der Waals surface area contributed by atoms with E-state index < -0.39 is 22.9 Å². The zero-order valence-corrected chi connectivity index (χ0v) is 12.9. The monoisotopic (exact) mass is 335 g/mol. The highest BCUT2D eigenvalue weighted by Gasteiger charge is 2.18. The Labute approximate surface area is 141 Å². The molecule has 2 aromatic carbocycles. The summed E-state index contributed by atoms with van der Waals surface area (Å²) in [5.74, 6) is -1.72. The van der Waals surface area contributed by atoms with Crippen LogP contribution in [0.15, 0.2) is 71.8 Å². The fraction of sp³-hybridized carbons (Fsp3) is 0. The third-order valence-corrected chi connectivity index (χ3v) is 3.89. The first-order valence-electron chi connectivity index (χ1n) is 7.53. The molecule has 0 bridgehead atoms. The van der Waals surface area contributed by atoms with Crippen LogP contribution >= 0.6 is 0 Å². The second kappa shape index (κ2) is 5.90. The summed E-state index contributed by atoms with van der Waals surface area (Å²) in [4.78, 5) is 16.8. The maximum Gasteiger partial charge on any atom is 0.279 e. The molecule has 0 aliphatic rings. The average Bonchev–Trinajstić information content (AvgIpc) is 2.64. The van der Waals surface area contributed by atoms with Crippen LogP contribution in [0.1, 0.15) is 0 Å². The van der Waals surface area contributed by atoms with E-state index in [9.17, 15) is 13.6 Å². The molecule has 0 radical (unpaired) electrons. The number of para-hydroxylation sites is 1. The molecule has 2 heterocycles. The van der Waals surface area contributed by atoms with Crippen molar-refractivity contribution in [2.75, 3.05) is 0 Å². The second-order valence-electron chi connectivity index (χ2n) is 5.42. The summed E-state index contributed by atoms with van der Waals surface area (Å²) in [5, 5.41) is 5.16. The number of pyridine rings is 1. The fourth-order valence-corrected chi connectivity index (χ4v) is 2.75. The third-order valence-electron chi connectivity index (χ3n) is 3.89. The number of nitrogens with zero attached hydrogens (tertiary/aromatic N) is 3. The smallest absolute Gasteiger partial charge is 0.267 e. The SMILES string of the molecule is O=c1c2ccccc2c(-c2cccnc2)nn1-c1c(F)cccc1F. The summed E-state index contributed by atoms with van der Waals surface area (Å²) in [6.07, 6.45) is 3.19. The minimum Gasteiger partial charge on any atom is -0.267 e. The fourth-order valence-electron chi connectivity index (χ4n) is 2.75. The highest BCUT2D eigenvalue weighted by molar-refractivity contribution is 5.93. The van der Waals surface area contributed by atoms with Crippen LogP contribution in [-0.2, 0) is 0 Å². The topological polar surface area (TPSA) is 47.8 Å². The lowest BCUT2D eigenvalue weighted by Gasteiger charge is -2.12. The molecule has 6 heteroatoms. The highest BCUT2D eigenvalue weighted by Crippen LogP contribution is 2.25. The normalized spacial score (nSPS) is 11.0. The van der Waals surface area contributed by atoms with Crippen molar-refractivity contribution in [1.29, 1.82) is 0 Å². The van der Waals surface area contributed by atoms with Gasteiger partial charge in [0.25, 0.3) is 5.56 Å². The third kappa shape index (κ3) is 2.48. The Morgan fingerprint density at radius 2 is 1.56 bits per heavy atom. The van der Waals surface area contributed by atoms with E-state index in [1.807, 2.05) is 0 Å². The Hall–Kier alpha value is -3.41. The minimum absolute atomic E-state index is 0.319. The van der Waals surface area contributed by atoms with Crippen molar-refractivity contribution in [2.45, 2.75) is 0 Å². The molecule has 2 aromatic heterocycles. The lowest BCUT2D eigenvalue weighted by Crippen LogP contribution is -2.24. The van der Waals surface area contributed by atoms with Gasteiger partial charge in [0, 0.05) is 23.3 Å². The Morgan fingerprint density at radius 1 is 0.840 bits per heavy atom. The van der Waals surface area contributed by atoms with E-state index in [1.54, 1.807) is 48.8 Å². The summed E-state index contributed by atoms with van der Waals surface area (Å²) in [7, 11) is 0. The van der Waals surface area contributed by atoms with Crippen molar-refractivity contribution in [1.82, 2.24) is 14.8 Å². The summed E-state index contributed by atoms with van der Waals surface area (Å²) in [6.45, 7) is 0.